The highest BCUT2D eigenvalue weighted by Gasteiger charge is 2.05. The minimum Gasteiger partial charge on any atom is -0.760 e. The summed E-state index contributed by atoms with van der Waals surface area (Å²) < 4.78 is 22.6. The third kappa shape index (κ3) is 5.91. The first kappa shape index (κ1) is 16.3. The number of carbonyl (C=O) groups excluding carboxylic acids is 2. The van der Waals surface area contributed by atoms with E-state index in [1.165, 1.54) is 0 Å². The highest BCUT2D eigenvalue weighted by Crippen LogP contribution is 2.09. The number of hydrogen-bond acceptors (Lipinski definition) is 4. The maximum absolute atomic E-state index is 11.7. The van der Waals surface area contributed by atoms with E-state index >= 15 is 0 Å². The Morgan fingerprint density at radius 1 is 1.20 bits per heavy atom. The van der Waals surface area contributed by atoms with Crippen molar-refractivity contribution in [2.75, 3.05) is 18.4 Å². The van der Waals surface area contributed by atoms with Gasteiger partial charge < -0.3 is 15.2 Å². The van der Waals surface area contributed by atoms with Gasteiger partial charge >= 0.3 is 0 Å². The van der Waals surface area contributed by atoms with E-state index in [-0.39, 0.29) is 24.9 Å². The highest BCUT2D eigenvalue weighted by atomic mass is 32.2. The van der Waals surface area contributed by atoms with Gasteiger partial charge in [0.25, 0.3) is 5.91 Å². The fourth-order valence-electron chi connectivity index (χ4n) is 1.37. The number of carbonyl (C=O) groups is 2. The van der Waals surface area contributed by atoms with Gasteiger partial charge in [0.15, 0.2) is 0 Å². The molecule has 0 aliphatic rings. The van der Waals surface area contributed by atoms with Crippen molar-refractivity contribution >= 4 is 28.8 Å². The average molecular weight is 298 g/mol. The van der Waals surface area contributed by atoms with Gasteiger partial charge in [0, 0.05) is 42.0 Å². The van der Waals surface area contributed by atoms with Crippen LogP contribution in [0, 0.1) is 0 Å². The molecule has 1 aromatic rings. The Bertz CT molecular complexity index is 490. The zero-order valence-electron chi connectivity index (χ0n) is 11.0. The molecule has 1 rings (SSSR count). The zero-order chi connectivity index (χ0) is 15.0. The minimum absolute atomic E-state index is 0.0983. The van der Waals surface area contributed by atoms with Gasteiger partial charge in [-0.25, -0.2) is 4.72 Å². The van der Waals surface area contributed by atoms with E-state index in [2.05, 4.69) is 15.4 Å². The van der Waals surface area contributed by atoms with E-state index < -0.39 is 11.3 Å². The summed E-state index contributed by atoms with van der Waals surface area (Å²) >= 11 is -2.33. The van der Waals surface area contributed by atoms with Gasteiger partial charge in [-0.1, -0.05) is 6.92 Å². The molecule has 20 heavy (non-hydrogen) atoms. The van der Waals surface area contributed by atoms with Crippen molar-refractivity contribution in [3.05, 3.63) is 29.8 Å². The van der Waals surface area contributed by atoms with Crippen LogP contribution in [-0.4, -0.2) is 33.7 Å². The molecule has 0 radical (unpaired) electrons. The first-order chi connectivity index (χ1) is 9.52. The Balaban J connectivity index is 2.45. The molecule has 0 bridgehead atoms. The summed E-state index contributed by atoms with van der Waals surface area (Å²) in [6.45, 7) is 2.08. The molecule has 3 N–H and O–H groups in total. The van der Waals surface area contributed by atoms with E-state index in [0.717, 1.165) is 0 Å². The molecule has 0 saturated carbocycles. The van der Waals surface area contributed by atoms with E-state index in [9.17, 15) is 18.4 Å². The first-order valence-corrected chi connectivity index (χ1v) is 7.11. The third-order valence-electron chi connectivity index (χ3n) is 2.38. The van der Waals surface area contributed by atoms with Crippen molar-refractivity contribution in [3.8, 4) is 0 Å². The lowest BCUT2D eigenvalue weighted by atomic mass is 10.2. The van der Waals surface area contributed by atoms with E-state index in [1.54, 1.807) is 31.2 Å². The average Bonchev–Trinajstić information content (AvgIpc) is 2.43. The largest absolute Gasteiger partial charge is 0.760 e. The summed E-state index contributed by atoms with van der Waals surface area (Å²) in [6, 6.07) is 6.43. The Morgan fingerprint density at radius 3 is 2.40 bits per heavy atom. The van der Waals surface area contributed by atoms with Crippen molar-refractivity contribution < 1.29 is 18.4 Å². The zero-order valence-corrected chi connectivity index (χ0v) is 11.8. The number of amides is 2. The van der Waals surface area contributed by atoms with E-state index in [0.29, 0.717) is 17.7 Å². The Hall–Kier alpha value is -1.77. The fraction of sp³-hybridized carbons (Fsp3) is 0.333. The molecule has 0 aliphatic carbocycles. The molecule has 0 heterocycles. The molecule has 1 atom stereocenters. The second-order valence-electron chi connectivity index (χ2n) is 3.86. The number of anilines is 1. The van der Waals surface area contributed by atoms with Crippen LogP contribution in [0.3, 0.4) is 0 Å². The molecular formula is C12H16N3O4S-. The Kier molecular flexibility index (Phi) is 6.85. The first-order valence-electron chi connectivity index (χ1n) is 6.03. The van der Waals surface area contributed by atoms with Gasteiger partial charge in [0.05, 0.1) is 0 Å². The highest BCUT2D eigenvalue weighted by molar-refractivity contribution is 7.77. The van der Waals surface area contributed by atoms with Crippen LogP contribution < -0.4 is 15.4 Å². The smallest absolute Gasteiger partial charge is 0.251 e. The van der Waals surface area contributed by atoms with Crippen LogP contribution in [0.5, 0.6) is 0 Å². The van der Waals surface area contributed by atoms with E-state index in [4.69, 9.17) is 0 Å². The van der Waals surface area contributed by atoms with Crippen LogP contribution in [0.1, 0.15) is 23.7 Å². The lowest BCUT2D eigenvalue weighted by Gasteiger charge is -2.09. The number of hydrogen-bond donors (Lipinski definition) is 3. The molecule has 110 valence electrons. The molecule has 0 saturated heterocycles. The summed E-state index contributed by atoms with van der Waals surface area (Å²) in [4.78, 5) is 22.9. The third-order valence-corrected chi connectivity index (χ3v) is 2.82. The van der Waals surface area contributed by atoms with Crippen LogP contribution in [0.15, 0.2) is 24.3 Å². The summed E-state index contributed by atoms with van der Waals surface area (Å²) in [5.74, 6) is -0.407. The van der Waals surface area contributed by atoms with Crippen molar-refractivity contribution in [1.82, 2.24) is 10.0 Å². The van der Waals surface area contributed by atoms with E-state index in [1.807, 2.05) is 0 Å². The summed E-state index contributed by atoms with van der Waals surface area (Å²) in [7, 11) is 0. The predicted molar refractivity (Wildman–Crippen MR) is 74.6 cm³/mol. The monoisotopic (exact) mass is 298 g/mol. The molecule has 0 fully saturated rings. The van der Waals surface area contributed by atoms with Gasteiger partial charge in [-0.2, -0.15) is 0 Å². The SMILES string of the molecule is CCC(=O)Nc1ccc(C(=O)NCCNS(=O)[O-])cc1. The van der Waals surface area contributed by atoms with Crippen molar-refractivity contribution in [1.29, 1.82) is 0 Å². The lowest BCUT2D eigenvalue weighted by molar-refractivity contribution is -0.115. The second-order valence-corrected chi connectivity index (χ2v) is 4.62. The van der Waals surface area contributed by atoms with Crippen LogP contribution in [0.4, 0.5) is 5.69 Å². The van der Waals surface area contributed by atoms with Crippen molar-refractivity contribution in [2.45, 2.75) is 13.3 Å². The summed E-state index contributed by atoms with van der Waals surface area (Å²) in [5.41, 5.74) is 1.06. The topological polar surface area (TPSA) is 110 Å². The fourth-order valence-corrected chi connectivity index (χ4v) is 1.64. The van der Waals surface area contributed by atoms with Gasteiger partial charge in [-0.15, -0.1) is 0 Å². The maximum atomic E-state index is 11.7. The quantitative estimate of drug-likeness (QED) is 0.491. The molecule has 8 heteroatoms. The molecule has 0 spiro atoms. The molecular weight excluding hydrogens is 282 g/mol. The molecule has 1 aromatic carbocycles. The summed E-state index contributed by atoms with van der Waals surface area (Å²) in [5, 5.41) is 5.24. The number of rotatable bonds is 7. The molecule has 1 unspecified atom stereocenters. The normalized spacial score (nSPS) is 11.7. The van der Waals surface area contributed by atoms with Gasteiger partial charge in [0.1, 0.15) is 0 Å². The molecule has 2 amide bonds. The number of benzene rings is 1. The number of nitrogens with one attached hydrogen (secondary N) is 3. The van der Waals surface area contributed by atoms with Crippen LogP contribution in [0.2, 0.25) is 0 Å². The van der Waals surface area contributed by atoms with Gasteiger partial charge in [-0.05, 0) is 24.3 Å². The van der Waals surface area contributed by atoms with Gasteiger partial charge in [0.2, 0.25) is 5.91 Å². The van der Waals surface area contributed by atoms with Crippen molar-refractivity contribution in [3.63, 3.8) is 0 Å². The van der Waals surface area contributed by atoms with Crippen molar-refractivity contribution in [2.24, 2.45) is 0 Å². The minimum atomic E-state index is -2.33. The Labute approximate surface area is 119 Å². The van der Waals surface area contributed by atoms with Crippen LogP contribution in [-0.2, 0) is 16.1 Å². The maximum Gasteiger partial charge on any atom is 0.251 e. The second kappa shape index (κ2) is 8.41. The Morgan fingerprint density at radius 2 is 1.85 bits per heavy atom. The van der Waals surface area contributed by atoms with Gasteiger partial charge in [-0.3, -0.25) is 13.8 Å². The summed E-state index contributed by atoms with van der Waals surface area (Å²) in [6.07, 6.45) is 0.385. The van der Waals surface area contributed by atoms with Crippen LogP contribution >= 0.6 is 0 Å². The van der Waals surface area contributed by atoms with Crippen LogP contribution in [0.25, 0.3) is 0 Å². The standard InChI is InChI=1S/C12H17N3O4S/c1-2-11(16)15-10-5-3-9(4-6-10)12(17)13-7-8-14-20(18)19/h3-6,14H,2,7-8H2,1H3,(H,13,17)(H,15,16)(H,18,19)/p-1. The molecule has 7 nitrogen and oxygen atoms in total. The molecule has 0 aliphatic heterocycles. The molecule has 0 aromatic heterocycles. The predicted octanol–water partition coefficient (Wildman–Crippen LogP) is 0.149. The lowest BCUT2D eigenvalue weighted by Crippen LogP contribution is -2.32.